The van der Waals surface area contributed by atoms with Gasteiger partial charge < -0.3 is 15.0 Å². The monoisotopic (exact) mass is 458 g/mol. The van der Waals surface area contributed by atoms with Crippen LogP contribution in [-0.4, -0.2) is 53.4 Å². The van der Waals surface area contributed by atoms with E-state index in [-0.39, 0.29) is 23.5 Å². The third-order valence-corrected chi connectivity index (χ3v) is 7.63. The molecule has 2 aromatic carbocycles. The minimum Gasteiger partial charge on any atom is -0.378 e. The SMILES string of the molecule is CO[C@@H]1[C@@H](NC(=O)Cc2ccccc2)c2ccccc2C12CCN(CCCn1cccn1)CC2. The molecule has 1 aromatic heterocycles. The van der Waals surface area contributed by atoms with Crippen molar-refractivity contribution in [1.29, 1.82) is 0 Å². The maximum atomic E-state index is 13.0. The van der Waals surface area contributed by atoms with E-state index >= 15 is 0 Å². The summed E-state index contributed by atoms with van der Waals surface area (Å²) in [5, 5.41) is 7.64. The zero-order valence-electron chi connectivity index (χ0n) is 19.9. The average Bonchev–Trinajstić information content (AvgIpc) is 3.47. The van der Waals surface area contributed by atoms with Gasteiger partial charge in [-0.1, -0.05) is 54.6 Å². The molecule has 0 bridgehead atoms. The van der Waals surface area contributed by atoms with Crippen LogP contribution in [0.25, 0.3) is 0 Å². The number of hydrogen-bond donors (Lipinski definition) is 1. The molecule has 34 heavy (non-hydrogen) atoms. The predicted molar refractivity (Wildman–Crippen MR) is 132 cm³/mol. The third-order valence-electron chi connectivity index (χ3n) is 7.63. The van der Waals surface area contributed by atoms with Crippen LogP contribution >= 0.6 is 0 Å². The van der Waals surface area contributed by atoms with Gasteiger partial charge in [-0.05, 0) is 61.7 Å². The highest BCUT2D eigenvalue weighted by Gasteiger charge is 2.53. The van der Waals surface area contributed by atoms with E-state index in [9.17, 15) is 4.79 Å². The summed E-state index contributed by atoms with van der Waals surface area (Å²) < 4.78 is 8.17. The topological polar surface area (TPSA) is 59.4 Å². The maximum absolute atomic E-state index is 13.0. The summed E-state index contributed by atoms with van der Waals surface area (Å²) in [5.74, 6) is 0.0427. The summed E-state index contributed by atoms with van der Waals surface area (Å²) in [7, 11) is 1.80. The fourth-order valence-corrected chi connectivity index (χ4v) is 6.00. The van der Waals surface area contributed by atoms with Crippen LogP contribution in [0.4, 0.5) is 0 Å². The van der Waals surface area contributed by atoms with Gasteiger partial charge in [-0.25, -0.2) is 0 Å². The quantitative estimate of drug-likeness (QED) is 0.559. The molecule has 2 heterocycles. The zero-order valence-corrected chi connectivity index (χ0v) is 19.9. The molecular formula is C28H34N4O2. The lowest BCUT2D eigenvalue weighted by molar-refractivity contribution is -0.122. The van der Waals surface area contributed by atoms with Gasteiger partial charge in [-0.2, -0.15) is 5.10 Å². The lowest BCUT2D eigenvalue weighted by atomic mass is 9.72. The Hall–Kier alpha value is -2.96. The van der Waals surface area contributed by atoms with Crippen LogP contribution in [0.15, 0.2) is 73.1 Å². The maximum Gasteiger partial charge on any atom is 0.224 e. The largest absolute Gasteiger partial charge is 0.378 e. The van der Waals surface area contributed by atoms with Gasteiger partial charge >= 0.3 is 0 Å². The van der Waals surface area contributed by atoms with E-state index in [1.807, 2.05) is 53.5 Å². The van der Waals surface area contributed by atoms with Crippen molar-refractivity contribution in [2.45, 2.75) is 49.8 Å². The summed E-state index contributed by atoms with van der Waals surface area (Å²) in [5.41, 5.74) is 3.53. The number of amides is 1. The highest BCUT2D eigenvalue weighted by atomic mass is 16.5. The number of fused-ring (bicyclic) bond motifs is 2. The van der Waals surface area contributed by atoms with Crippen molar-refractivity contribution < 1.29 is 9.53 Å². The summed E-state index contributed by atoms with van der Waals surface area (Å²) in [4.78, 5) is 15.6. The Morgan fingerprint density at radius 3 is 2.56 bits per heavy atom. The van der Waals surface area contributed by atoms with E-state index < -0.39 is 0 Å². The van der Waals surface area contributed by atoms with Crippen molar-refractivity contribution >= 4 is 5.91 Å². The number of nitrogens with one attached hydrogen (secondary N) is 1. The molecule has 6 heteroatoms. The van der Waals surface area contributed by atoms with Gasteiger partial charge in [-0.3, -0.25) is 9.48 Å². The molecule has 0 unspecified atom stereocenters. The van der Waals surface area contributed by atoms with Gasteiger partial charge in [0.1, 0.15) is 0 Å². The third kappa shape index (κ3) is 4.52. The lowest BCUT2D eigenvalue weighted by Crippen LogP contribution is -2.50. The Morgan fingerprint density at radius 2 is 1.82 bits per heavy atom. The second-order valence-electron chi connectivity index (χ2n) is 9.57. The molecule has 0 saturated carbocycles. The number of piperidine rings is 1. The molecule has 2 aliphatic rings. The Labute approximate surface area is 201 Å². The van der Waals surface area contributed by atoms with Gasteiger partial charge in [0.15, 0.2) is 0 Å². The van der Waals surface area contributed by atoms with Gasteiger partial charge in [0.25, 0.3) is 0 Å². The van der Waals surface area contributed by atoms with E-state index in [1.165, 1.54) is 11.1 Å². The van der Waals surface area contributed by atoms with Crippen LogP contribution in [0, 0.1) is 0 Å². The first kappa shape index (κ1) is 22.8. The molecule has 5 rings (SSSR count). The van der Waals surface area contributed by atoms with Gasteiger partial charge in [0, 0.05) is 31.5 Å². The Bertz CT molecular complexity index is 1070. The highest BCUT2D eigenvalue weighted by molar-refractivity contribution is 5.79. The van der Waals surface area contributed by atoms with E-state index in [0.29, 0.717) is 6.42 Å². The first-order valence-corrected chi connectivity index (χ1v) is 12.3. The number of rotatable bonds is 8. The first-order chi connectivity index (χ1) is 16.7. The predicted octanol–water partition coefficient (Wildman–Crippen LogP) is 3.74. The van der Waals surface area contributed by atoms with Crippen molar-refractivity contribution in [2.24, 2.45) is 0 Å². The molecular weight excluding hydrogens is 424 g/mol. The Kier molecular flexibility index (Phi) is 6.79. The summed E-state index contributed by atoms with van der Waals surface area (Å²) in [6.45, 7) is 4.11. The normalized spacial score (nSPS) is 21.4. The summed E-state index contributed by atoms with van der Waals surface area (Å²) >= 11 is 0. The number of hydrogen-bond acceptors (Lipinski definition) is 4. The molecule has 1 N–H and O–H groups in total. The molecule has 3 aromatic rings. The van der Waals surface area contributed by atoms with Gasteiger partial charge in [-0.15, -0.1) is 0 Å². The van der Waals surface area contributed by atoms with Crippen molar-refractivity contribution in [3.63, 3.8) is 0 Å². The van der Waals surface area contributed by atoms with Crippen LogP contribution in [0.1, 0.15) is 42.0 Å². The van der Waals surface area contributed by atoms with E-state index in [0.717, 1.165) is 51.0 Å². The average molecular weight is 459 g/mol. The number of methoxy groups -OCH3 is 1. The Balaban J connectivity index is 1.27. The molecule has 2 atom stereocenters. The second-order valence-corrected chi connectivity index (χ2v) is 9.57. The van der Waals surface area contributed by atoms with Gasteiger partial charge in [0.05, 0.1) is 18.6 Å². The molecule has 1 aliphatic heterocycles. The number of benzene rings is 2. The molecule has 178 valence electrons. The standard InChI is InChI=1S/C28H34N4O2/c1-34-27-26(30-25(33)21-22-9-3-2-4-10-22)23-11-5-6-12-24(23)28(27)13-19-31(20-14-28)16-8-18-32-17-7-15-29-32/h2-7,9-12,15,17,26-27H,8,13-14,16,18-21H2,1H3,(H,30,33)/t26-,27+/m0/s1. The van der Waals surface area contributed by atoms with Crippen LogP contribution < -0.4 is 5.32 Å². The molecule has 1 aliphatic carbocycles. The van der Waals surface area contributed by atoms with Crippen molar-refractivity contribution in [3.8, 4) is 0 Å². The smallest absolute Gasteiger partial charge is 0.224 e. The van der Waals surface area contributed by atoms with Gasteiger partial charge in [0.2, 0.25) is 5.91 Å². The minimum atomic E-state index is -0.122. The number of nitrogens with zero attached hydrogens (tertiary/aromatic N) is 3. The number of aromatic nitrogens is 2. The fraction of sp³-hybridized carbons (Fsp3) is 0.429. The highest BCUT2D eigenvalue weighted by Crippen LogP contribution is 2.52. The number of aryl methyl sites for hydroxylation is 1. The van der Waals surface area contributed by atoms with Crippen LogP contribution in [0.3, 0.4) is 0 Å². The zero-order chi connectivity index (χ0) is 23.4. The first-order valence-electron chi connectivity index (χ1n) is 12.3. The van der Waals surface area contributed by atoms with Crippen LogP contribution in [-0.2, 0) is 27.9 Å². The van der Waals surface area contributed by atoms with Crippen molar-refractivity contribution in [1.82, 2.24) is 20.0 Å². The van der Waals surface area contributed by atoms with Crippen LogP contribution in [0.2, 0.25) is 0 Å². The van der Waals surface area contributed by atoms with E-state index in [4.69, 9.17) is 4.74 Å². The molecule has 1 spiro atoms. The summed E-state index contributed by atoms with van der Waals surface area (Å²) in [6, 6.07) is 20.4. The molecule has 6 nitrogen and oxygen atoms in total. The van der Waals surface area contributed by atoms with E-state index in [2.05, 4.69) is 39.6 Å². The fourth-order valence-electron chi connectivity index (χ4n) is 6.00. The molecule has 1 fully saturated rings. The van der Waals surface area contributed by atoms with Crippen molar-refractivity contribution in [3.05, 3.63) is 89.7 Å². The molecule has 1 amide bonds. The lowest BCUT2D eigenvalue weighted by Gasteiger charge is -2.44. The number of carbonyl (C=O) groups excluding carboxylic acids is 1. The number of carbonyl (C=O) groups is 1. The second kappa shape index (κ2) is 10.1. The minimum absolute atomic E-state index is 0.0427. The number of likely N-dealkylation sites (tertiary alicyclic amines) is 1. The molecule has 1 saturated heterocycles. The summed E-state index contributed by atoms with van der Waals surface area (Å²) in [6.07, 6.45) is 7.35. The Morgan fingerprint density at radius 1 is 1.06 bits per heavy atom. The molecule has 0 radical (unpaired) electrons. The van der Waals surface area contributed by atoms with Crippen molar-refractivity contribution in [2.75, 3.05) is 26.7 Å². The van der Waals surface area contributed by atoms with Crippen LogP contribution in [0.5, 0.6) is 0 Å². The van der Waals surface area contributed by atoms with E-state index in [1.54, 1.807) is 7.11 Å². The number of ether oxygens (including phenoxy) is 1.